The number of halogens is 1. The van der Waals surface area contributed by atoms with Gasteiger partial charge in [0.05, 0.1) is 10.2 Å². The quantitative estimate of drug-likeness (QED) is 0.381. The molecule has 0 bridgehead atoms. The molecule has 3 rings (SSSR count). The molecule has 0 spiro atoms. The molecule has 1 amide bonds. The molecule has 0 unspecified atom stereocenters. The standard InChI is InChI=1S/C23H29N3OS2.ClH/c1-6-25(7-2)11-12-26(22(27)18-9-8-10-19(15-18)28-5)23-24-20-13-16(3)17(4)14-21(20)29-23;/h8-10,13-15H,6-7,11-12H2,1-5H3;1H. The van der Waals surface area contributed by atoms with Crippen LogP contribution in [-0.2, 0) is 0 Å². The molecule has 162 valence electrons. The van der Waals surface area contributed by atoms with Crippen LogP contribution in [-0.4, -0.2) is 48.2 Å². The Morgan fingerprint density at radius 3 is 2.43 bits per heavy atom. The Labute approximate surface area is 194 Å². The molecule has 3 aromatic rings. The van der Waals surface area contributed by atoms with Crippen LogP contribution in [0.5, 0.6) is 0 Å². The summed E-state index contributed by atoms with van der Waals surface area (Å²) in [5.74, 6) is 0.0144. The Morgan fingerprint density at radius 1 is 1.07 bits per heavy atom. The average molecular weight is 464 g/mol. The molecular formula is C23H30ClN3OS2. The summed E-state index contributed by atoms with van der Waals surface area (Å²) in [6.45, 7) is 11.9. The number of carbonyl (C=O) groups excluding carboxylic acids is 1. The van der Waals surface area contributed by atoms with Gasteiger partial charge in [-0.25, -0.2) is 4.98 Å². The monoisotopic (exact) mass is 463 g/mol. The number of benzene rings is 2. The van der Waals surface area contributed by atoms with Crippen molar-refractivity contribution in [1.82, 2.24) is 9.88 Å². The predicted molar refractivity (Wildman–Crippen MR) is 134 cm³/mol. The second-order valence-corrected chi connectivity index (χ2v) is 9.01. The van der Waals surface area contributed by atoms with Crippen molar-refractivity contribution in [2.45, 2.75) is 32.6 Å². The van der Waals surface area contributed by atoms with Crippen LogP contribution in [0.4, 0.5) is 5.13 Å². The predicted octanol–water partition coefficient (Wildman–Crippen LogP) is 6.05. The van der Waals surface area contributed by atoms with E-state index >= 15 is 0 Å². The number of hydrogen-bond donors (Lipinski definition) is 0. The molecule has 0 atom stereocenters. The van der Waals surface area contributed by atoms with E-state index in [4.69, 9.17) is 4.98 Å². The number of likely N-dealkylation sites (N-methyl/N-ethyl adjacent to an activating group) is 1. The van der Waals surface area contributed by atoms with Crippen molar-refractivity contribution in [2.75, 3.05) is 37.3 Å². The minimum Gasteiger partial charge on any atom is -0.302 e. The van der Waals surface area contributed by atoms with Gasteiger partial charge in [0.1, 0.15) is 0 Å². The maximum Gasteiger partial charge on any atom is 0.260 e. The SMILES string of the molecule is CCN(CC)CCN(C(=O)c1cccc(SC)c1)c1nc2cc(C)c(C)cc2s1.Cl. The maximum absolute atomic E-state index is 13.5. The number of anilines is 1. The van der Waals surface area contributed by atoms with E-state index in [1.54, 1.807) is 23.1 Å². The number of carbonyl (C=O) groups is 1. The first-order chi connectivity index (χ1) is 14.0. The van der Waals surface area contributed by atoms with E-state index in [2.05, 4.69) is 44.7 Å². The lowest BCUT2D eigenvalue weighted by Gasteiger charge is -2.24. The molecule has 30 heavy (non-hydrogen) atoms. The number of aryl methyl sites for hydroxylation is 2. The number of thiazole rings is 1. The summed E-state index contributed by atoms with van der Waals surface area (Å²) in [5, 5.41) is 0.775. The number of fused-ring (bicyclic) bond motifs is 1. The van der Waals surface area contributed by atoms with E-state index in [1.807, 2.05) is 35.4 Å². The van der Waals surface area contributed by atoms with Crippen LogP contribution in [0.3, 0.4) is 0 Å². The van der Waals surface area contributed by atoms with Gasteiger partial charge < -0.3 is 4.90 Å². The highest BCUT2D eigenvalue weighted by Gasteiger charge is 2.22. The lowest BCUT2D eigenvalue weighted by Crippen LogP contribution is -2.38. The Bertz CT molecular complexity index is 962. The van der Waals surface area contributed by atoms with Crippen molar-refractivity contribution in [3.8, 4) is 0 Å². The number of amides is 1. The number of thioether (sulfide) groups is 1. The van der Waals surface area contributed by atoms with E-state index in [-0.39, 0.29) is 18.3 Å². The van der Waals surface area contributed by atoms with Crippen LogP contribution in [0.2, 0.25) is 0 Å². The Morgan fingerprint density at radius 2 is 1.77 bits per heavy atom. The Hall–Kier alpha value is -1.60. The molecule has 0 aliphatic rings. The van der Waals surface area contributed by atoms with Crippen molar-refractivity contribution in [2.24, 2.45) is 0 Å². The molecule has 1 aromatic heterocycles. The molecule has 1 heterocycles. The summed E-state index contributed by atoms with van der Waals surface area (Å²) in [6, 6.07) is 12.1. The normalized spacial score (nSPS) is 11.0. The second kappa shape index (κ2) is 11.1. The molecule has 0 N–H and O–H groups in total. The van der Waals surface area contributed by atoms with Crippen LogP contribution < -0.4 is 4.90 Å². The molecule has 4 nitrogen and oxygen atoms in total. The second-order valence-electron chi connectivity index (χ2n) is 7.12. The summed E-state index contributed by atoms with van der Waals surface area (Å²) in [6.07, 6.45) is 2.03. The van der Waals surface area contributed by atoms with Crippen LogP contribution in [0.15, 0.2) is 41.3 Å². The topological polar surface area (TPSA) is 36.4 Å². The maximum atomic E-state index is 13.5. The van der Waals surface area contributed by atoms with Crippen molar-refractivity contribution >= 4 is 56.8 Å². The first-order valence-electron chi connectivity index (χ1n) is 10.0. The van der Waals surface area contributed by atoms with Crippen LogP contribution in [0, 0.1) is 13.8 Å². The first kappa shape index (κ1) is 24.7. The zero-order valence-electron chi connectivity index (χ0n) is 18.3. The molecule has 0 saturated heterocycles. The van der Waals surface area contributed by atoms with Crippen molar-refractivity contribution in [3.05, 3.63) is 53.1 Å². The summed E-state index contributed by atoms with van der Waals surface area (Å²) in [5.41, 5.74) is 4.15. The highest BCUT2D eigenvalue weighted by molar-refractivity contribution is 7.98. The number of rotatable bonds is 8. The van der Waals surface area contributed by atoms with Crippen molar-refractivity contribution in [1.29, 1.82) is 0 Å². The van der Waals surface area contributed by atoms with E-state index in [1.165, 1.54) is 11.1 Å². The van der Waals surface area contributed by atoms with Gasteiger partial charge in [-0.1, -0.05) is 31.3 Å². The number of aromatic nitrogens is 1. The average Bonchev–Trinajstić information content (AvgIpc) is 3.13. The van der Waals surface area contributed by atoms with E-state index in [9.17, 15) is 4.79 Å². The number of hydrogen-bond acceptors (Lipinski definition) is 5. The van der Waals surface area contributed by atoms with E-state index < -0.39 is 0 Å². The van der Waals surface area contributed by atoms with Gasteiger partial charge in [-0.2, -0.15) is 0 Å². The molecule has 0 saturated carbocycles. The van der Waals surface area contributed by atoms with Gasteiger partial charge in [0, 0.05) is 23.5 Å². The van der Waals surface area contributed by atoms with Crippen molar-refractivity contribution < 1.29 is 4.79 Å². The van der Waals surface area contributed by atoms with Crippen LogP contribution >= 0.6 is 35.5 Å². The minimum absolute atomic E-state index is 0. The minimum atomic E-state index is 0. The summed E-state index contributed by atoms with van der Waals surface area (Å²) < 4.78 is 1.13. The lowest BCUT2D eigenvalue weighted by molar-refractivity contribution is 0.0983. The Balaban J connectivity index is 0.00000320. The summed E-state index contributed by atoms with van der Waals surface area (Å²) in [4.78, 5) is 23.6. The smallest absolute Gasteiger partial charge is 0.260 e. The molecule has 0 aliphatic carbocycles. The van der Waals surface area contributed by atoms with Gasteiger partial charge in [0.15, 0.2) is 5.13 Å². The summed E-state index contributed by atoms with van der Waals surface area (Å²) >= 11 is 3.25. The fraction of sp³-hybridized carbons (Fsp3) is 0.391. The van der Waals surface area contributed by atoms with Gasteiger partial charge >= 0.3 is 0 Å². The highest BCUT2D eigenvalue weighted by atomic mass is 35.5. The Kier molecular flexibility index (Phi) is 9.16. The van der Waals surface area contributed by atoms with Gasteiger partial charge in [-0.05, 0) is 74.7 Å². The van der Waals surface area contributed by atoms with Crippen molar-refractivity contribution in [3.63, 3.8) is 0 Å². The fourth-order valence-corrected chi connectivity index (χ4v) is 4.79. The van der Waals surface area contributed by atoms with Gasteiger partial charge in [-0.15, -0.1) is 24.2 Å². The van der Waals surface area contributed by atoms with E-state index in [0.717, 1.165) is 39.9 Å². The highest BCUT2D eigenvalue weighted by Crippen LogP contribution is 2.32. The molecule has 0 fully saturated rings. The van der Waals surface area contributed by atoms with Gasteiger partial charge in [-0.3, -0.25) is 9.69 Å². The molecule has 7 heteroatoms. The zero-order valence-corrected chi connectivity index (χ0v) is 20.7. The third-order valence-corrected chi connectivity index (χ3v) is 7.09. The third-order valence-electron chi connectivity index (χ3n) is 5.32. The molecule has 2 aromatic carbocycles. The van der Waals surface area contributed by atoms with Crippen LogP contribution in [0.25, 0.3) is 10.2 Å². The largest absolute Gasteiger partial charge is 0.302 e. The molecule has 0 radical (unpaired) electrons. The van der Waals surface area contributed by atoms with E-state index in [0.29, 0.717) is 12.1 Å². The van der Waals surface area contributed by atoms with Gasteiger partial charge in [0.25, 0.3) is 5.91 Å². The fourth-order valence-electron chi connectivity index (χ4n) is 3.26. The molecular weight excluding hydrogens is 434 g/mol. The zero-order chi connectivity index (χ0) is 21.0. The summed E-state index contributed by atoms with van der Waals surface area (Å²) in [7, 11) is 0. The van der Waals surface area contributed by atoms with Crippen LogP contribution in [0.1, 0.15) is 35.3 Å². The van der Waals surface area contributed by atoms with Gasteiger partial charge in [0.2, 0.25) is 0 Å². The lowest BCUT2D eigenvalue weighted by atomic mass is 10.1. The third kappa shape index (κ3) is 5.55. The first-order valence-corrected chi connectivity index (χ1v) is 12.1. The molecule has 0 aliphatic heterocycles. The number of nitrogens with zero attached hydrogens (tertiary/aromatic N) is 3.